The smallest absolute Gasteiger partial charge is 0.139 e. The summed E-state index contributed by atoms with van der Waals surface area (Å²) in [6.07, 6.45) is 4.69. The van der Waals surface area contributed by atoms with Crippen molar-refractivity contribution in [3.05, 3.63) is 71.8 Å². The number of ether oxygens (including phenoxy) is 2. The van der Waals surface area contributed by atoms with Crippen LogP contribution in [0.15, 0.2) is 60.7 Å². The molecule has 3 heteroatoms. The number of likely N-dealkylation sites (tertiary alicyclic amines) is 1. The molecule has 2 aromatic rings. The second-order valence-corrected chi connectivity index (χ2v) is 8.83. The van der Waals surface area contributed by atoms with Gasteiger partial charge in [0.1, 0.15) is 12.1 Å². The van der Waals surface area contributed by atoms with Crippen LogP contribution in [0.25, 0.3) is 0 Å². The Hall–Kier alpha value is -2.12. The minimum atomic E-state index is -0.388. The van der Waals surface area contributed by atoms with Crippen molar-refractivity contribution >= 4 is 0 Å². The molecule has 1 aliphatic rings. The summed E-state index contributed by atoms with van der Waals surface area (Å²) >= 11 is 0. The van der Waals surface area contributed by atoms with Crippen LogP contribution >= 0.6 is 0 Å². The molecule has 166 valence electrons. The predicted octanol–water partition coefficient (Wildman–Crippen LogP) is 3.93. The Bertz CT molecular complexity index is 803. The Morgan fingerprint density at radius 1 is 0.935 bits per heavy atom. The second-order valence-electron chi connectivity index (χ2n) is 8.83. The highest BCUT2D eigenvalue weighted by atomic mass is 16.5. The van der Waals surface area contributed by atoms with Gasteiger partial charge < -0.3 is 14.4 Å². The first-order valence-electron chi connectivity index (χ1n) is 11.8. The molecule has 0 unspecified atom stereocenters. The summed E-state index contributed by atoms with van der Waals surface area (Å²) in [6.45, 7) is 9.40. The zero-order chi connectivity index (χ0) is 21.8. The van der Waals surface area contributed by atoms with Crippen molar-refractivity contribution in [1.82, 2.24) is 0 Å². The molecule has 1 atom stereocenters. The van der Waals surface area contributed by atoms with Gasteiger partial charge in [0, 0.05) is 0 Å². The molecule has 1 aliphatic heterocycles. The second kappa shape index (κ2) is 12.7. The molecule has 2 aromatic carbocycles. The van der Waals surface area contributed by atoms with Gasteiger partial charge in [-0.2, -0.15) is 0 Å². The Labute approximate surface area is 188 Å². The zero-order valence-corrected chi connectivity index (χ0v) is 19.2. The first-order chi connectivity index (χ1) is 15.2. The molecule has 0 aromatic heterocycles. The van der Waals surface area contributed by atoms with Gasteiger partial charge in [0.2, 0.25) is 0 Å². The van der Waals surface area contributed by atoms with Crippen molar-refractivity contribution in [1.29, 1.82) is 0 Å². The van der Waals surface area contributed by atoms with E-state index in [1.165, 1.54) is 43.5 Å². The molecule has 31 heavy (non-hydrogen) atoms. The molecular formula is C28H38NO2+. The standard InChI is InChI=1S/C28H37NO2/c1-3-28(2,31-22-21-30-24-27-13-8-5-9-14-27)17-10-18-29-19-15-26(16-20-29)23-25-11-6-4-7-12-25/h4-9,11-14,26H,3,15-16,18-24H2,1-2H3/p+1/t28-/m0/s1. The van der Waals surface area contributed by atoms with Crippen LogP contribution in [-0.4, -0.2) is 38.4 Å². The van der Waals surface area contributed by atoms with Crippen molar-refractivity contribution in [2.45, 2.75) is 51.7 Å². The van der Waals surface area contributed by atoms with E-state index in [9.17, 15) is 0 Å². The lowest BCUT2D eigenvalue weighted by atomic mass is 9.90. The van der Waals surface area contributed by atoms with E-state index in [1.54, 1.807) is 4.90 Å². The van der Waals surface area contributed by atoms with E-state index < -0.39 is 0 Å². The molecule has 0 saturated carbocycles. The summed E-state index contributed by atoms with van der Waals surface area (Å²) in [5.41, 5.74) is 2.27. The maximum atomic E-state index is 6.08. The highest BCUT2D eigenvalue weighted by molar-refractivity contribution is 5.16. The van der Waals surface area contributed by atoms with E-state index >= 15 is 0 Å². The summed E-state index contributed by atoms with van der Waals surface area (Å²) in [6, 6.07) is 21.1. The molecule has 1 saturated heterocycles. The van der Waals surface area contributed by atoms with E-state index in [1.807, 2.05) is 18.2 Å². The quantitative estimate of drug-likeness (QED) is 0.465. The Kier molecular flexibility index (Phi) is 9.62. The third-order valence-corrected chi connectivity index (χ3v) is 6.31. The van der Waals surface area contributed by atoms with Crippen LogP contribution in [0.5, 0.6) is 0 Å². The predicted molar refractivity (Wildman–Crippen MR) is 127 cm³/mol. The van der Waals surface area contributed by atoms with Crippen molar-refractivity contribution in [2.24, 2.45) is 5.92 Å². The lowest BCUT2D eigenvalue weighted by Gasteiger charge is -2.28. The zero-order valence-electron chi connectivity index (χ0n) is 19.2. The molecular weight excluding hydrogens is 382 g/mol. The van der Waals surface area contributed by atoms with Crippen LogP contribution < -0.4 is 4.90 Å². The maximum absolute atomic E-state index is 6.08. The number of rotatable bonds is 10. The number of nitrogens with one attached hydrogen (secondary N) is 1. The Morgan fingerprint density at radius 2 is 1.58 bits per heavy atom. The van der Waals surface area contributed by atoms with Gasteiger partial charge in [0.25, 0.3) is 0 Å². The number of piperidine rings is 1. The fourth-order valence-electron chi connectivity index (χ4n) is 4.09. The molecule has 3 rings (SSSR count). The van der Waals surface area contributed by atoms with Crippen LogP contribution in [0.4, 0.5) is 0 Å². The van der Waals surface area contributed by atoms with E-state index in [0.29, 0.717) is 19.8 Å². The molecule has 0 aliphatic carbocycles. The molecule has 1 fully saturated rings. The van der Waals surface area contributed by atoms with E-state index in [4.69, 9.17) is 9.47 Å². The van der Waals surface area contributed by atoms with Gasteiger partial charge in [0.05, 0.1) is 32.9 Å². The molecule has 1 N–H and O–H groups in total. The minimum absolute atomic E-state index is 0.388. The first kappa shape index (κ1) is 23.5. The largest absolute Gasteiger partial charge is 0.374 e. The third-order valence-electron chi connectivity index (χ3n) is 6.31. The van der Waals surface area contributed by atoms with Crippen molar-refractivity contribution < 1.29 is 14.4 Å². The summed E-state index contributed by atoms with van der Waals surface area (Å²) in [5.74, 6) is 7.65. The summed E-state index contributed by atoms with van der Waals surface area (Å²) in [5, 5.41) is 0. The van der Waals surface area contributed by atoms with E-state index in [2.05, 4.69) is 68.2 Å². The SMILES string of the molecule is CC[C@@](C)(C#CC[NH+]1CCC(Cc2ccccc2)CC1)OCCOCc1ccccc1. The van der Waals surface area contributed by atoms with E-state index in [-0.39, 0.29) is 5.60 Å². The fourth-order valence-corrected chi connectivity index (χ4v) is 4.09. The van der Waals surface area contributed by atoms with Gasteiger partial charge in [-0.1, -0.05) is 73.5 Å². The van der Waals surface area contributed by atoms with Crippen LogP contribution in [0, 0.1) is 17.8 Å². The summed E-state index contributed by atoms with van der Waals surface area (Å²) in [4.78, 5) is 1.61. The minimum Gasteiger partial charge on any atom is -0.374 e. The first-order valence-corrected chi connectivity index (χ1v) is 11.8. The third kappa shape index (κ3) is 8.50. The van der Waals surface area contributed by atoms with Gasteiger partial charge in [0.15, 0.2) is 0 Å². The van der Waals surface area contributed by atoms with Crippen LogP contribution in [0.1, 0.15) is 44.2 Å². The molecule has 0 spiro atoms. The van der Waals surface area contributed by atoms with Gasteiger partial charge in [-0.05, 0) is 55.6 Å². The number of benzene rings is 2. The molecule has 1 heterocycles. The molecule has 3 nitrogen and oxygen atoms in total. The Balaban J connectivity index is 1.33. The normalized spacial score (nSPS) is 20.5. The van der Waals surface area contributed by atoms with E-state index in [0.717, 1.165) is 18.9 Å². The van der Waals surface area contributed by atoms with Gasteiger partial charge in [-0.3, -0.25) is 0 Å². The number of quaternary nitrogens is 1. The van der Waals surface area contributed by atoms with Gasteiger partial charge in [-0.15, -0.1) is 0 Å². The van der Waals surface area contributed by atoms with Crippen LogP contribution in [0.3, 0.4) is 0 Å². The lowest BCUT2D eigenvalue weighted by Crippen LogP contribution is -3.13. The maximum Gasteiger partial charge on any atom is 0.139 e. The number of hydrogen-bond donors (Lipinski definition) is 1. The summed E-state index contributed by atoms with van der Waals surface area (Å²) < 4.78 is 11.8. The van der Waals surface area contributed by atoms with Crippen LogP contribution in [0.2, 0.25) is 0 Å². The Morgan fingerprint density at radius 3 is 2.23 bits per heavy atom. The fraction of sp³-hybridized carbons (Fsp3) is 0.500. The highest BCUT2D eigenvalue weighted by Crippen LogP contribution is 2.16. The monoisotopic (exact) mass is 420 g/mol. The van der Waals surface area contributed by atoms with Gasteiger partial charge in [-0.25, -0.2) is 0 Å². The molecule has 0 amide bonds. The van der Waals surface area contributed by atoms with Crippen molar-refractivity contribution in [3.63, 3.8) is 0 Å². The van der Waals surface area contributed by atoms with Gasteiger partial charge >= 0.3 is 0 Å². The van der Waals surface area contributed by atoms with Crippen LogP contribution in [-0.2, 0) is 22.5 Å². The van der Waals surface area contributed by atoms with Crippen molar-refractivity contribution in [3.8, 4) is 11.8 Å². The van der Waals surface area contributed by atoms with Crippen molar-refractivity contribution in [2.75, 3.05) is 32.8 Å². The highest BCUT2D eigenvalue weighted by Gasteiger charge is 2.22. The lowest BCUT2D eigenvalue weighted by molar-refractivity contribution is -0.899. The molecule has 0 radical (unpaired) electrons. The number of hydrogen-bond acceptors (Lipinski definition) is 2. The average Bonchev–Trinajstić information content (AvgIpc) is 2.81. The average molecular weight is 421 g/mol. The molecule has 0 bridgehead atoms. The topological polar surface area (TPSA) is 22.9 Å². The summed E-state index contributed by atoms with van der Waals surface area (Å²) in [7, 11) is 0.